The van der Waals surface area contributed by atoms with Crippen molar-refractivity contribution in [2.24, 2.45) is 0 Å². The Morgan fingerprint density at radius 2 is 1.66 bits per heavy atom. The van der Waals surface area contributed by atoms with Crippen molar-refractivity contribution < 1.29 is 9.59 Å². The first-order valence-electron chi connectivity index (χ1n) is 11.1. The minimum absolute atomic E-state index is 0.00495. The second-order valence-corrected chi connectivity index (χ2v) is 8.55. The molecule has 1 aliphatic heterocycles. The van der Waals surface area contributed by atoms with Gasteiger partial charge in [0.1, 0.15) is 0 Å². The highest BCUT2D eigenvalue weighted by Gasteiger charge is 2.19. The number of aryl methyl sites for hydroxylation is 1. The molecule has 0 bridgehead atoms. The third-order valence-corrected chi connectivity index (χ3v) is 6.25. The number of nitrogens with zero attached hydrogens (tertiary/aromatic N) is 1. The van der Waals surface area contributed by atoms with Gasteiger partial charge in [0.15, 0.2) is 0 Å². The van der Waals surface area contributed by atoms with Crippen LogP contribution in [-0.2, 0) is 29.1 Å². The number of carbonyl (C=O) groups excluding carboxylic acids is 2. The van der Waals surface area contributed by atoms with Gasteiger partial charge in [0.2, 0.25) is 11.8 Å². The van der Waals surface area contributed by atoms with Crippen LogP contribution >= 0.6 is 11.6 Å². The molecule has 0 unspecified atom stereocenters. The molecule has 1 N–H and O–H groups in total. The average Bonchev–Trinajstić information content (AvgIpc) is 3.22. The number of rotatable bonds is 8. The molecule has 0 aliphatic carbocycles. The van der Waals surface area contributed by atoms with E-state index in [1.807, 2.05) is 47.4 Å². The zero-order valence-electron chi connectivity index (χ0n) is 18.0. The predicted molar refractivity (Wildman–Crippen MR) is 128 cm³/mol. The van der Waals surface area contributed by atoms with Crippen LogP contribution in [-0.4, -0.2) is 23.3 Å². The first kappa shape index (κ1) is 22.1. The summed E-state index contributed by atoms with van der Waals surface area (Å²) < 4.78 is 0. The van der Waals surface area contributed by atoms with Crippen molar-refractivity contribution in [1.82, 2.24) is 10.2 Å². The highest BCUT2D eigenvalue weighted by Crippen LogP contribution is 2.25. The summed E-state index contributed by atoms with van der Waals surface area (Å²) in [7, 11) is 0. The SMILES string of the molecule is O=C(CCc1ccccc1Cl)NCc1ccccc1-c1ccc(CN2CCCC2=O)cc1. The maximum Gasteiger partial charge on any atom is 0.222 e. The standard InChI is InChI=1S/C27H27ClN2O2/c28-25-9-4-2-6-22(25)15-16-26(31)29-18-23-7-1-3-8-24(23)21-13-11-20(12-14-21)19-30-17-5-10-27(30)32/h1-4,6-9,11-14H,5,10,15-19H2,(H,29,31). The Labute approximate surface area is 194 Å². The second kappa shape index (κ2) is 10.5. The number of carbonyl (C=O) groups is 2. The normalized spacial score (nSPS) is 13.4. The van der Waals surface area contributed by atoms with Crippen LogP contribution in [0.2, 0.25) is 5.02 Å². The first-order chi connectivity index (χ1) is 15.6. The summed E-state index contributed by atoms with van der Waals surface area (Å²) in [6, 6.07) is 24.1. The van der Waals surface area contributed by atoms with Gasteiger partial charge in [-0.2, -0.15) is 0 Å². The molecule has 0 radical (unpaired) electrons. The van der Waals surface area contributed by atoms with Gasteiger partial charge in [0, 0.05) is 37.5 Å². The number of halogens is 1. The van der Waals surface area contributed by atoms with Crippen molar-refractivity contribution in [3.8, 4) is 11.1 Å². The summed E-state index contributed by atoms with van der Waals surface area (Å²) >= 11 is 6.18. The number of benzene rings is 3. The van der Waals surface area contributed by atoms with Crippen molar-refractivity contribution in [1.29, 1.82) is 0 Å². The lowest BCUT2D eigenvalue weighted by atomic mass is 9.98. The van der Waals surface area contributed by atoms with Gasteiger partial charge in [-0.15, -0.1) is 0 Å². The van der Waals surface area contributed by atoms with E-state index in [2.05, 4.69) is 35.6 Å². The van der Waals surface area contributed by atoms with Crippen molar-refractivity contribution in [3.05, 3.63) is 94.5 Å². The summed E-state index contributed by atoms with van der Waals surface area (Å²) in [5, 5.41) is 3.73. The van der Waals surface area contributed by atoms with E-state index >= 15 is 0 Å². The van der Waals surface area contributed by atoms with Crippen molar-refractivity contribution in [3.63, 3.8) is 0 Å². The lowest BCUT2D eigenvalue weighted by Gasteiger charge is -2.16. The Morgan fingerprint density at radius 3 is 2.38 bits per heavy atom. The summed E-state index contributed by atoms with van der Waals surface area (Å²) in [5.74, 6) is 0.245. The van der Waals surface area contributed by atoms with E-state index < -0.39 is 0 Å². The number of nitrogens with one attached hydrogen (secondary N) is 1. The molecular formula is C27H27ClN2O2. The molecule has 1 saturated heterocycles. The number of hydrogen-bond donors (Lipinski definition) is 1. The fraction of sp³-hybridized carbons (Fsp3) is 0.259. The first-order valence-corrected chi connectivity index (χ1v) is 11.4. The zero-order chi connectivity index (χ0) is 22.3. The highest BCUT2D eigenvalue weighted by atomic mass is 35.5. The van der Waals surface area contributed by atoms with Crippen LogP contribution in [0.25, 0.3) is 11.1 Å². The Morgan fingerprint density at radius 1 is 0.938 bits per heavy atom. The molecule has 1 fully saturated rings. The molecule has 3 aromatic rings. The summed E-state index contributed by atoms with van der Waals surface area (Å²) in [4.78, 5) is 26.2. The quantitative estimate of drug-likeness (QED) is 0.505. The van der Waals surface area contributed by atoms with Crippen molar-refractivity contribution >= 4 is 23.4 Å². The number of hydrogen-bond acceptors (Lipinski definition) is 2. The van der Waals surface area contributed by atoms with Crippen molar-refractivity contribution in [2.45, 2.75) is 38.8 Å². The summed E-state index contributed by atoms with van der Waals surface area (Å²) in [5.41, 5.74) is 5.39. The molecule has 4 rings (SSSR count). The Bertz CT molecular complexity index is 1090. The van der Waals surface area contributed by atoms with Gasteiger partial charge in [-0.25, -0.2) is 0 Å². The molecule has 1 aliphatic rings. The number of amides is 2. The van der Waals surface area contributed by atoms with Crippen LogP contribution in [0.3, 0.4) is 0 Å². The van der Waals surface area contributed by atoms with E-state index in [1.54, 1.807) is 0 Å². The minimum atomic E-state index is 0.00495. The van der Waals surface area contributed by atoms with Gasteiger partial charge in [0.25, 0.3) is 0 Å². The van der Waals surface area contributed by atoms with Gasteiger partial charge in [-0.05, 0) is 46.7 Å². The fourth-order valence-electron chi connectivity index (χ4n) is 4.07. The van der Waals surface area contributed by atoms with Crippen LogP contribution in [0.4, 0.5) is 0 Å². The third kappa shape index (κ3) is 5.57. The molecule has 4 nitrogen and oxygen atoms in total. The van der Waals surface area contributed by atoms with E-state index in [9.17, 15) is 9.59 Å². The molecule has 1 heterocycles. The third-order valence-electron chi connectivity index (χ3n) is 5.88. The molecular weight excluding hydrogens is 420 g/mol. The summed E-state index contributed by atoms with van der Waals surface area (Å²) in [6.07, 6.45) is 2.63. The molecule has 0 aromatic heterocycles. The predicted octanol–water partition coefficient (Wildman–Crippen LogP) is 5.38. The molecule has 5 heteroatoms. The largest absolute Gasteiger partial charge is 0.352 e. The highest BCUT2D eigenvalue weighted by molar-refractivity contribution is 6.31. The van der Waals surface area contributed by atoms with Crippen LogP contribution in [0.1, 0.15) is 36.0 Å². The molecule has 0 saturated carbocycles. The van der Waals surface area contributed by atoms with Gasteiger partial charge >= 0.3 is 0 Å². The smallest absolute Gasteiger partial charge is 0.222 e. The van der Waals surface area contributed by atoms with Gasteiger partial charge in [-0.1, -0.05) is 78.3 Å². The Hall–Kier alpha value is -3.11. The van der Waals surface area contributed by atoms with E-state index in [4.69, 9.17) is 11.6 Å². The Balaban J connectivity index is 1.36. The lowest BCUT2D eigenvalue weighted by Crippen LogP contribution is -2.23. The molecule has 0 spiro atoms. The van der Waals surface area contributed by atoms with Crippen LogP contribution in [0, 0.1) is 0 Å². The maximum atomic E-state index is 12.4. The topological polar surface area (TPSA) is 49.4 Å². The monoisotopic (exact) mass is 446 g/mol. The van der Waals surface area contributed by atoms with Gasteiger partial charge in [-0.3, -0.25) is 9.59 Å². The molecule has 32 heavy (non-hydrogen) atoms. The molecule has 0 atom stereocenters. The average molecular weight is 447 g/mol. The maximum absolute atomic E-state index is 12.4. The van der Waals surface area contributed by atoms with Crippen LogP contribution in [0.5, 0.6) is 0 Å². The molecule has 164 valence electrons. The second-order valence-electron chi connectivity index (χ2n) is 8.14. The molecule has 3 aromatic carbocycles. The zero-order valence-corrected chi connectivity index (χ0v) is 18.8. The van der Waals surface area contributed by atoms with E-state index in [-0.39, 0.29) is 11.8 Å². The fourth-order valence-corrected chi connectivity index (χ4v) is 4.30. The van der Waals surface area contributed by atoms with E-state index in [0.717, 1.165) is 40.8 Å². The number of likely N-dealkylation sites (tertiary alicyclic amines) is 1. The van der Waals surface area contributed by atoms with E-state index in [1.165, 1.54) is 0 Å². The molecule has 2 amide bonds. The van der Waals surface area contributed by atoms with E-state index in [0.29, 0.717) is 37.4 Å². The van der Waals surface area contributed by atoms with Gasteiger partial charge < -0.3 is 10.2 Å². The van der Waals surface area contributed by atoms with Crippen LogP contribution in [0.15, 0.2) is 72.8 Å². The summed E-state index contributed by atoms with van der Waals surface area (Å²) in [6.45, 7) is 1.99. The lowest BCUT2D eigenvalue weighted by molar-refractivity contribution is -0.128. The van der Waals surface area contributed by atoms with Crippen molar-refractivity contribution in [2.75, 3.05) is 6.54 Å². The van der Waals surface area contributed by atoms with Crippen LogP contribution < -0.4 is 5.32 Å². The van der Waals surface area contributed by atoms with Gasteiger partial charge in [0.05, 0.1) is 0 Å². The Kier molecular flexibility index (Phi) is 7.23. The minimum Gasteiger partial charge on any atom is -0.352 e.